The van der Waals surface area contributed by atoms with Gasteiger partial charge in [-0.15, -0.1) is 11.3 Å². The number of rotatable bonds is 6. The van der Waals surface area contributed by atoms with Crippen LogP contribution in [0, 0.1) is 5.82 Å². The van der Waals surface area contributed by atoms with Crippen LogP contribution in [0.4, 0.5) is 10.1 Å². The molecule has 0 saturated heterocycles. The van der Waals surface area contributed by atoms with Crippen molar-refractivity contribution in [1.82, 2.24) is 9.71 Å². The second kappa shape index (κ2) is 8.26. The molecule has 27 heavy (non-hydrogen) atoms. The van der Waals surface area contributed by atoms with Crippen molar-refractivity contribution >= 4 is 48.9 Å². The van der Waals surface area contributed by atoms with Gasteiger partial charge in [-0.2, -0.15) is 0 Å². The summed E-state index contributed by atoms with van der Waals surface area (Å²) in [4.78, 5) is 16.0. The van der Waals surface area contributed by atoms with E-state index in [1.54, 1.807) is 0 Å². The molecular weight excluding hydrogens is 457 g/mol. The third-order valence-electron chi connectivity index (χ3n) is 3.38. The fourth-order valence-corrected chi connectivity index (χ4v) is 4.46. The van der Waals surface area contributed by atoms with E-state index in [-0.39, 0.29) is 10.7 Å². The second-order valence-electron chi connectivity index (χ2n) is 5.38. The lowest BCUT2D eigenvalue weighted by atomic mass is 10.2. The predicted molar refractivity (Wildman–Crippen MR) is 105 cm³/mol. The number of aromatic nitrogens is 1. The maximum absolute atomic E-state index is 13.1. The van der Waals surface area contributed by atoms with Crippen molar-refractivity contribution in [3.63, 3.8) is 0 Å². The zero-order valence-electron chi connectivity index (χ0n) is 13.6. The Hall–Kier alpha value is -2.14. The van der Waals surface area contributed by atoms with Crippen LogP contribution in [0.3, 0.4) is 0 Å². The fourth-order valence-electron chi connectivity index (χ4n) is 2.11. The van der Waals surface area contributed by atoms with Crippen LogP contribution in [0.5, 0.6) is 0 Å². The lowest BCUT2D eigenvalue weighted by Gasteiger charge is -2.06. The molecule has 2 N–H and O–H groups in total. The maximum Gasteiger partial charge on any atom is 0.259 e. The zero-order valence-corrected chi connectivity index (χ0v) is 16.9. The molecular formula is C17H13BrFN3O3S2. The summed E-state index contributed by atoms with van der Waals surface area (Å²) in [7, 11) is -3.95. The van der Waals surface area contributed by atoms with E-state index in [1.165, 1.54) is 34.9 Å². The molecule has 6 nitrogen and oxygen atoms in total. The number of thiazole rings is 1. The number of carbonyl (C=O) groups excluding carboxylic acids is 1. The van der Waals surface area contributed by atoms with Gasteiger partial charge >= 0.3 is 0 Å². The number of benzene rings is 2. The van der Waals surface area contributed by atoms with Crippen LogP contribution in [-0.2, 0) is 14.8 Å². The largest absolute Gasteiger partial charge is 0.325 e. The first-order valence-corrected chi connectivity index (χ1v) is 10.8. The van der Waals surface area contributed by atoms with E-state index in [2.05, 4.69) is 31.0 Å². The summed E-state index contributed by atoms with van der Waals surface area (Å²) in [6.07, 6.45) is 0. The van der Waals surface area contributed by atoms with Crippen LogP contribution < -0.4 is 10.0 Å². The van der Waals surface area contributed by atoms with Crippen LogP contribution in [0.15, 0.2) is 63.4 Å². The van der Waals surface area contributed by atoms with Crippen molar-refractivity contribution < 1.29 is 17.6 Å². The molecule has 1 aromatic heterocycles. The van der Waals surface area contributed by atoms with Crippen molar-refractivity contribution in [3.8, 4) is 10.6 Å². The van der Waals surface area contributed by atoms with Gasteiger partial charge in [-0.05, 0) is 30.3 Å². The second-order valence-corrected chi connectivity index (χ2v) is 8.87. The molecule has 0 aliphatic carbocycles. The summed E-state index contributed by atoms with van der Waals surface area (Å²) >= 11 is 4.52. The lowest BCUT2D eigenvalue weighted by Crippen LogP contribution is -2.33. The van der Waals surface area contributed by atoms with Crippen molar-refractivity contribution in [2.75, 3.05) is 11.9 Å². The first-order valence-electron chi connectivity index (χ1n) is 7.60. The minimum atomic E-state index is -3.95. The molecule has 10 heteroatoms. The average Bonchev–Trinajstić information content (AvgIpc) is 3.12. The number of anilines is 1. The first kappa shape index (κ1) is 19.6. The molecule has 140 valence electrons. The summed E-state index contributed by atoms with van der Waals surface area (Å²) in [5.41, 5.74) is 1.03. The van der Waals surface area contributed by atoms with E-state index in [9.17, 15) is 17.6 Å². The van der Waals surface area contributed by atoms with E-state index in [4.69, 9.17) is 0 Å². The van der Waals surface area contributed by atoms with Gasteiger partial charge in [0, 0.05) is 21.1 Å². The van der Waals surface area contributed by atoms with Gasteiger partial charge in [0.15, 0.2) is 5.03 Å². The maximum atomic E-state index is 13.1. The number of nitrogens with zero attached hydrogens (tertiary/aromatic N) is 1. The van der Waals surface area contributed by atoms with Crippen LogP contribution >= 0.6 is 27.3 Å². The SMILES string of the molecule is O=C(CNS(=O)(=O)c1csc(-c2ccc(Br)cc2)n1)Nc1cccc(F)c1. The Morgan fingerprint density at radius 2 is 1.93 bits per heavy atom. The smallest absolute Gasteiger partial charge is 0.259 e. The van der Waals surface area contributed by atoms with Gasteiger partial charge in [0.05, 0.1) is 6.54 Å². The average molecular weight is 470 g/mol. The van der Waals surface area contributed by atoms with Crippen LogP contribution in [0.1, 0.15) is 0 Å². The highest BCUT2D eigenvalue weighted by atomic mass is 79.9. The lowest BCUT2D eigenvalue weighted by molar-refractivity contribution is -0.115. The summed E-state index contributed by atoms with van der Waals surface area (Å²) in [5, 5.41) is 4.21. The number of amides is 1. The summed E-state index contributed by atoms with van der Waals surface area (Å²) in [6, 6.07) is 12.6. The van der Waals surface area contributed by atoms with E-state index >= 15 is 0 Å². The van der Waals surface area contributed by atoms with Gasteiger partial charge in [0.2, 0.25) is 5.91 Å². The molecule has 2 aromatic carbocycles. The topological polar surface area (TPSA) is 88.2 Å². The monoisotopic (exact) mass is 469 g/mol. The number of sulfonamides is 1. The Balaban J connectivity index is 1.64. The predicted octanol–water partition coefficient (Wildman–Crippen LogP) is 3.63. The normalized spacial score (nSPS) is 11.3. The fraction of sp³-hybridized carbons (Fsp3) is 0.0588. The van der Waals surface area contributed by atoms with Crippen molar-refractivity contribution in [1.29, 1.82) is 0 Å². The van der Waals surface area contributed by atoms with Crippen LogP contribution in [0.2, 0.25) is 0 Å². The van der Waals surface area contributed by atoms with Crippen molar-refractivity contribution in [2.45, 2.75) is 5.03 Å². The highest BCUT2D eigenvalue weighted by Gasteiger charge is 2.20. The van der Waals surface area contributed by atoms with Gasteiger partial charge in [-0.1, -0.05) is 34.1 Å². The zero-order chi connectivity index (χ0) is 19.4. The van der Waals surface area contributed by atoms with Gasteiger partial charge < -0.3 is 5.32 Å². The van der Waals surface area contributed by atoms with Gasteiger partial charge in [-0.3, -0.25) is 4.79 Å². The van der Waals surface area contributed by atoms with Crippen LogP contribution in [0.25, 0.3) is 10.6 Å². The molecule has 0 radical (unpaired) electrons. The first-order chi connectivity index (χ1) is 12.8. The summed E-state index contributed by atoms with van der Waals surface area (Å²) in [6.45, 7) is -0.496. The Morgan fingerprint density at radius 1 is 1.19 bits per heavy atom. The molecule has 0 fully saturated rings. The van der Waals surface area contributed by atoms with E-state index < -0.39 is 28.3 Å². The number of hydrogen-bond donors (Lipinski definition) is 2. The molecule has 0 saturated carbocycles. The number of halogens is 2. The molecule has 0 bridgehead atoms. The van der Waals surface area contributed by atoms with Gasteiger partial charge in [-0.25, -0.2) is 22.5 Å². The van der Waals surface area contributed by atoms with Gasteiger partial charge in [0.1, 0.15) is 10.8 Å². The summed E-state index contributed by atoms with van der Waals surface area (Å²) in [5.74, 6) is -1.12. The van der Waals surface area contributed by atoms with Gasteiger partial charge in [0.25, 0.3) is 10.0 Å². The standard InChI is InChI=1S/C17H13BrFN3O3S2/c18-12-6-4-11(5-7-12)17-22-16(10-26-17)27(24,25)20-9-15(23)21-14-3-1-2-13(19)8-14/h1-8,10,20H,9H2,(H,21,23). The minimum Gasteiger partial charge on any atom is -0.325 e. The third kappa shape index (κ3) is 5.19. The molecule has 0 spiro atoms. The van der Waals surface area contributed by atoms with E-state index in [0.717, 1.165) is 16.1 Å². The Bertz CT molecular complexity index is 1070. The molecule has 0 aliphatic heterocycles. The quantitative estimate of drug-likeness (QED) is 0.576. The third-order valence-corrected chi connectivity index (χ3v) is 6.23. The molecule has 1 heterocycles. The number of carbonyl (C=O) groups is 1. The Morgan fingerprint density at radius 3 is 2.63 bits per heavy atom. The van der Waals surface area contributed by atoms with E-state index in [1.807, 2.05) is 24.3 Å². The highest BCUT2D eigenvalue weighted by Crippen LogP contribution is 2.26. The molecule has 3 rings (SSSR count). The number of hydrogen-bond acceptors (Lipinski definition) is 5. The van der Waals surface area contributed by atoms with Crippen molar-refractivity contribution in [3.05, 3.63) is 64.2 Å². The van der Waals surface area contributed by atoms with Crippen LogP contribution in [-0.4, -0.2) is 25.9 Å². The Labute approximate surface area is 167 Å². The van der Waals surface area contributed by atoms with Crippen molar-refractivity contribution in [2.24, 2.45) is 0 Å². The molecule has 0 atom stereocenters. The molecule has 1 amide bonds. The molecule has 0 unspecified atom stereocenters. The van der Waals surface area contributed by atoms with E-state index in [0.29, 0.717) is 5.01 Å². The minimum absolute atomic E-state index is 0.163. The number of nitrogens with one attached hydrogen (secondary N) is 2. The summed E-state index contributed by atoms with van der Waals surface area (Å²) < 4.78 is 40.9. The Kier molecular flexibility index (Phi) is 6.00. The molecule has 3 aromatic rings. The highest BCUT2D eigenvalue weighted by molar-refractivity contribution is 9.10. The molecule has 0 aliphatic rings.